The summed E-state index contributed by atoms with van der Waals surface area (Å²) < 4.78 is 37.2. The van der Waals surface area contributed by atoms with E-state index in [-0.39, 0.29) is 11.2 Å². The first kappa shape index (κ1) is 12.5. The fraction of sp³-hybridized carbons (Fsp3) is 0.545. The molecule has 17 heavy (non-hydrogen) atoms. The SMILES string of the molecule is FC(F)(F)c1cccc(NCC(Cl)C2CC2)n1. The van der Waals surface area contributed by atoms with Gasteiger partial charge in [0.05, 0.1) is 5.38 Å². The highest BCUT2D eigenvalue weighted by Gasteiger charge is 2.33. The fourth-order valence-corrected chi connectivity index (χ4v) is 1.85. The van der Waals surface area contributed by atoms with Crippen LogP contribution in [0.4, 0.5) is 19.0 Å². The minimum absolute atomic E-state index is 0.0358. The molecule has 0 saturated heterocycles. The molecule has 6 heteroatoms. The van der Waals surface area contributed by atoms with Crippen molar-refractivity contribution < 1.29 is 13.2 Å². The normalized spacial score (nSPS) is 17.9. The number of halogens is 4. The number of pyridine rings is 1. The Kier molecular flexibility index (Phi) is 3.47. The van der Waals surface area contributed by atoms with Crippen LogP contribution in [0.25, 0.3) is 0 Å². The number of nitrogens with one attached hydrogen (secondary N) is 1. The lowest BCUT2D eigenvalue weighted by atomic mass is 10.3. The molecule has 0 amide bonds. The van der Waals surface area contributed by atoms with E-state index in [9.17, 15) is 13.2 Å². The molecule has 1 aromatic rings. The van der Waals surface area contributed by atoms with Crippen molar-refractivity contribution in [2.45, 2.75) is 24.4 Å². The van der Waals surface area contributed by atoms with Crippen molar-refractivity contribution in [3.63, 3.8) is 0 Å². The van der Waals surface area contributed by atoms with E-state index in [1.54, 1.807) is 0 Å². The maximum atomic E-state index is 12.4. The molecule has 1 aliphatic rings. The van der Waals surface area contributed by atoms with E-state index in [0.717, 1.165) is 18.9 Å². The lowest BCUT2D eigenvalue weighted by Gasteiger charge is -2.12. The molecule has 1 heterocycles. The third kappa shape index (κ3) is 3.49. The summed E-state index contributed by atoms with van der Waals surface area (Å²) >= 11 is 6.05. The zero-order chi connectivity index (χ0) is 12.5. The van der Waals surface area contributed by atoms with E-state index >= 15 is 0 Å². The molecule has 0 radical (unpaired) electrons. The van der Waals surface area contributed by atoms with Crippen LogP contribution < -0.4 is 5.32 Å². The first-order valence-corrected chi connectivity index (χ1v) is 5.82. The second kappa shape index (κ2) is 4.72. The van der Waals surface area contributed by atoms with Crippen LogP contribution in [0.1, 0.15) is 18.5 Å². The summed E-state index contributed by atoms with van der Waals surface area (Å²) in [6.07, 6.45) is -2.20. The van der Waals surface area contributed by atoms with Crippen LogP contribution in [0.3, 0.4) is 0 Å². The van der Waals surface area contributed by atoms with Crippen molar-refractivity contribution >= 4 is 17.4 Å². The lowest BCUT2D eigenvalue weighted by molar-refractivity contribution is -0.141. The standard InChI is InChI=1S/C11H12ClF3N2/c12-8(7-4-5-7)6-16-10-3-1-2-9(17-10)11(13,14)15/h1-3,7-8H,4-6H2,(H,16,17). The highest BCUT2D eigenvalue weighted by atomic mass is 35.5. The highest BCUT2D eigenvalue weighted by molar-refractivity contribution is 6.21. The molecular weight excluding hydrogens is 253 g/mol. The Morgan fingerprint density at radius 1 is 1.41 bits per heavy atom. The van der Waals surface area contributed by atoms with Crippen LogP contribution in [0, 0.1) is 5.92 Å². The van der Waals surface area contributed by atoms with E-state index in [2.05, 4.69) is 10.3 Å². The second-order valence-corrected chi connectivity index (χ2v) is 4.70. The van der Waals surface area contributed by atoms with E-state index in [1.807, 2.05) is 0 Å². The van der Waals surface area contributed by atoms with E-state index in [0.29, 0.717) is 12.5 Å². The van der Waals surface area contributed by atoms with Crippen LogP contribution in [0.15, 0.2) is 18.2 Å². The van der Waals surface area contributed by atoms with Gasteiger partial charge in [-0.05, 0) is 30.9 Å². The van der Waals surface area contributed by atoms with Gasteiger partial charge in [-0.2, -0.15) is 13.2 Å². The molecule has 94 valence electrons. The van der Waals surface area contributed by atoms with Crippen molar-refractivity contribution in [1.29, 1.82) is 0 Å². The van der Waals surface area contributed by atoms with Gasteiger partial charge in [0.1, 0.15) is 11.5 Å². The zero-order valence-electron chi connectivity index (χ0n) is 8.97. The first-order valence-electron chi connectivity index (χ1n) is 5.39. The van der Waals surface area contributed by atoms with Gasteiger partial charge in [-0.1, -0.05) is 6.07 Å². The molecule has 2 nitrogen and oxygen atoms in total. The van der Waals surface area contributed by atoms with Crippen LogP contribution in [-0.2, 0) is 6.18 Å². The predicted octanol–water partition coefficient (Wildman–Crippen LogP) is 3.53. The Bertz CT molecular complexity index is 391. The average molecular weight is 265 g/mol. The number of nitrogens with zero attached hydrogens (tertiary/aromatic N) is 1. The third-order valence-corrected chi connectivity index (χ3v) is 3.16. The predicted molar refractivity (Wildman–Crippen MR) is 60.1 cm³/mol. The number of hydrogen-bond acceptors (Lipinski definition) is 2. The Labute approximate surface area is 102 Å². The van der Waals surface area contributed by atoms with Gasteiger partial charge < -0.3 is 5.32 Å². The molecule has 1 saturated carbocycles. The summed E-state index contributed by atoms with van der Waals surface area (Å²) in [5.41, 5.74) is -0.889. The van der Waals surface area contributed by atoms with Crippen LogP contribution in [0.2, 0.25) is 0 Å². The van der Waals surface area contributed by atoms with Crippen molar-refractivity contribution in [3.8, 4) is 0 Å². The topological polar surface area (TPSA) is 24.9 Å². The molecule has 0 aromatic carbocycles. The summed E-state index contributed by atoms with van der Waals surface area (Å²) in [6, 6.07) is 3.79. The van der Waals surface area contributed by atoms with Crippen molar-refractivity contribution in [2.24, 2.45) is 5.92 Å². The molecular formula is C11H12ClF3N2. The summed E-state index contributed by atoms with van der Waals surface area (Å²) in [7, 11) is 0. The molecule has 1 N–H and O–H groups in total. The van der Waals surface area contributed by atoms with Crippen LogP contribution in [0.5, 0.6) is 0 Å². The minimum atomic E-state index is -4.41. The lowest BCUT2D eigenvalue weighted by Crippen LogP contribution is -2.17. The van der Waals surface area contributed by atoms with Gasteiger partial charge in [-0.25, -0.2) is 4.98 Å². The monoisotopic (exact) mass is 264 g/mol. The smallest absolute Gasteiger partial charge is 0.369 e. The van der Waals surface area contributed by atoms with Gasteiger partial charge in [0.25, 0.3) is 0 Å². The summed E-state index contributed by atoms with van der Waals surface area (Å²) in [4.78, 5) is 3.50. The molecule has 1 fully saturated rings. The van der Waals surface area contributed by atoms with Gasteiger partial charge in [0.2, 0.25) is 0 Å². The summed E-state index contributed by atoms with van der Waals surface area (Å²) in [5, 5.41) is 2.80. The van der Waals surface area contributed by atoms with Crippen molar-refractivity contribution in [3.05, 3.63) is 23.9 Å². The molecule has 1 atom stereocenters. The van der Waals surface area contributed by atoms with E-state index in [1.165, 1.54) is 12.1 Å². The molecule has 1 unspecified atom stereocenters. The number of rotatable bonds is 4. The molecule has 1 aromatic heterocycles. The van der Waals surface area contributed by atoms with Crippen LogP contribution in [-0.4, -0.2) is 16.9 Å². The van der Waals surface area contributed by atoms with Gasteiger partial charge in [-0.3, -0.25) is 0 Å². The quantitative estimate of drug-likeness (QED) is 0.842. The van der Waals surface area contributed by atoms with Crippen LogP contribution >= 0.6 is 11.6 Å². The molecule has 0 aliphatic heterocycles. The Balaban J connectivity index is 1.96. The minimum Gasteiger partial charge on any atom is -0.369 e. The number of anilines is 1. The second-order valence-electron chi connectivity index (χ2n) is 4.14. The fourth-order valence-electron chi connectivity index (χ4n) is 1.52. The molecule has 0 spiro atoms. The van der Waals surface area contributed by atoms with E-state index < -0.39 is 11.9 Å². The molecule has 0 bridgehead atoms. The Morgan fingerprint density at radius 3 is 2.71 bits per heavy atom. The Morgan fingerprint density at radius 2 is 2.12 bits per heavy atom. The van der Waals surface area contributed by atoms with Gasteiger partial charge in [-0.15, -0.1) is 11.6 Å². The summed E-state index contributed by atoms with van der Waals surface area (Å²) in [5.74, 6) is 0.709. The Hall–Kier alpha value is -0.970. The van der Waals surface area contributed by atoms with Gasteiger partial charge in [0.15, 0.2) is 0 Å². The maximum Gasteiger partial charge on any atom is 0.433 e. The molecule has 2 rings (SSSR count). The first-order chi connectivity index (χ1) is 7.97. The largest absolute Gasteiger partial charge is 0.433 e. The number of aromatic nitrogens is 1. The zero-order valence-corrected chi connectivity index (χ0v) is 9.72. The highest BCUT2D eigenvalue weighted by Crippen LogP contribution is 2.35. The summed E-state index contributed by atoms with van der Waals surface area (Å²) in [6.45, 7) is 0.445. The number of hydrogen-bond donors (Lipinski definition) is 1. The number of alkyl halides is 4. The van der Waals surface area contributed by atoms with Gasteiger partial charge >= 0.3 is 6.18 Å². The third-order valence-electron chi connectivity index (χ3n) is 2.65. The van der Waals surface area contributed by atoms with Gasteiger partial charge in [0, 0.05) is 6.54 Å². The van der Waals surface area contributed by atoms with Crippen molar-refractivity contribution in [2.75, 3.05) is 11.9 Å². The molecule has 1 aliphatic carbocycles. The maximum absolute atomic E-state index is 12.4. The van der Waals surface area contributed by atoms with Crippen molar-refractivity contribution in [1.82, 2.24) is 4.98 Å². The van der Waals surface area contributed by atoms with E-state index in [4.69, 9.17) is 11.6 Å². The average Bonchev–Trinajstić information content (AvgIpc) is 3.09.